The quantitative estimate of drug-likeness (QED) is 0.533. The molecule has 4 rings (SSSR count). The molecule has 4 aliphatic rings. The van der Waals surface area contributed by atoms with Gasteiger partial charge in [-0.05, 0) is 31.1 Å². The number of aliphatic hydroxyl groups is 1. The first kappa shape index (κ1) is 28.5. The molecule has 0 saturated heterocycles. The fourth-order valence-corrected chi connectivity index (χ4v) is 8.67. The van der Waals surface area contributed by atoms with Crippen LogP contribution in [0.5, 0.6) is 0 Å². The van der Waals surface area contributed by atoms with E-state index in [0.717, 1.165) is 0 Å². The second-order valence-corrected chi connectivity index (χ2v) is 13.6. The van der Waals surface area contributed by atoms with Crippen LogP contribution in [-0.4, -0.2) is 51.2 Å². The van der Waals surface area contributed by atoms with Crippen molar-refractivity contribution in [2.45, 2.75) is 93.1 Å². The third kappa shape index (κ3) is 3.51. The molecule has 4 aliphatic carbocycles. The van der Waals surface area contributed by atoms with Crippen LogP contribution in [-0.2, 0) is 28.8 Å². The number of ketones is 5. The fourth-order valence-electron chi connectivity index (χ4n) is 8.67. The van der Waals surface area contributed by atoms with E-state index in [-0.39, 0.29) is 66.4 Å². The second kappa shape index (κ2) is 8.77. The molecule has 8 nitrogen and oxygen atoms in total. The first-order valence-electron chi connectivity index (χ1n) is 13.7. The molecule has 38 heavy (non-hydrogen) atoms. The smallest absolute Gasteiger partial charge is 0.306 e. The van der Waals surface area contributed by atoms with Crippen molar-refractivity contribution in [3.8, 4) is 0 Å². The minimum atomic E-state index is -1.55. The lowest BCUT2D eigenvalue weighted by Gasteiger charge is -2.59. The molecule has 0 spiro atoms. The molecule has 0 heterocycles. The molecule has 0 bridgehead atoms. The van der Waals surface area contributed by atoms with Crippen molar-refractivity contribution in [1.29, 1.82) is 0 Å². The monoisotopic (exact) mass is 528 g/mol. The van der Waals surface area contributed by atoms with Crippen molar-refractivity contribution in [3.05, 3.63) is 11.1 Å². The van der Waals surface area contributed by atoms with E-state index in [1.54, 1.807) is 20.8 Å². The fraction of sp³-hybridized carbons (Fsp3) is 0.733. The highest BCUT2D eigenvalue weighted by molar-refractivity contribution is 6.18. The normalized spacial score (nSPS) is 39.8. The Morgan fingerprint density at radius 2 is 1.53 bits per heavy atom. The van der Waals surface area contributed by atoms with Gasteiger partial charge in [-0.15, -0.1) is 0 Å². The molecule has 0 amide bonds. The summed E-state index contributed by atoms with van der Waals surface area (Å²) in [5, 5.41) is 20.9. The number of carbonyl (C=O) groups is 6. The number of allylic oxidation sites excluding steroid dienone is 1. The summed E-state index contributed by atoms with van der Waals surface area (Å²) in [4.78, 5) is 78.5. The van der Waals surface area contributed by atoms with E-state index in [9.17, 15) is 33.9 Å². The van der Waals surface area contributed by atoms with Crippen LogP contribution in [0.1, 0.15) is 87.0 Å². The summed E-state index contributed by atoms with van der Waals surface area (Å²) < 4.78 is 0. The Hall–Kier alpha value is -2.48. The Morgan fingerprint density at radius 1 is 0.921 bits per heavy atom. The molecule has 0 aromatic rings. The Labute approximate surface area is 223 Å². The number of hydrogen-bond acceptors (Lipinski definition) is 7. The van der Waals surface area contributed by atoms with Crippen LogP contribution in [0.25, 0.3) is 0 Å². The maximum Gasteiger partial charge on any atom is 0.306 e. The first-order chi connectivity index (χ1) is 17.4. The largest absolute Gasteiger partial charge is 0.481 e. The Kier molecular flexibility index (Phi) is 6.58. The van der Waals surface area contributed by atoms with Crippen molar-refractivity contribution >= 4 is 34.9 Å². The highest BCUT2D eigenvalue weighted by Crippen LogP contribution is 2.69. The SMILES string of the molecule is CC(CC(=O)C[C@H](C)[C@@H]1CC(=O)[C@]2(C)C3=C(C(=O)[C@H](O)[C@@]12C)[C@]1(C)CCC(=O)C(C)(C)C1CC3=O)C(=O)O. The van der Waals surface area contributed by atoms with E-state index in [2.05, 4.69) is 0 Å². The third-order valence-electron chi connectivity index (χ3n) is 11.3. The molecule has 8 atom stereocenters. The number of aliphatic hydroxyl groups excluding tert-OH is 1. The molecular weight excluding hydrogens is 488 g/mol. The van der Waals surface area contributed by atoms with Crippen molar-refractivity contribution in [3.63, 3.8) is 0 Å². The average Bonchev–Trinajstić information content (AvgIpc) is 3.03. The number of rotatable bonds is 6. The molecule has 0 radical (unpaired) electrons. The zero-order valence-electron chi connectivity index (χ0n) is 23.5. The van der Waals surface area contributed by atoms with Gasteiger partial charge in [0.25, 0.3) is 0 Å². The van der Waals surface area contributed by atoms with Gasteiger partial charge in [0.05, 0.1) is 11.3 Å². The number of fused-ring (bicyclic) bond motifs is 4. The molecule has 2 N–H and O–H groups in total. The van der Waals surface area contributed by atoms with Gasteiger partial charge in [-0.1, -0.05) is 41.5 Å². The molecular formula is C30H40O8. The van der Waals surface area contributed by atoms with Crippen LogP contribution in [0.2, 0.25) is 0 Å². The summed E-state index contributed by atoms with van der Waals surface area (Å²) >= 11 is 0. The lowest BCUT2D eigenvalue weighted by atomic mass is 9.42. The topological polar surface area (TPSA) is 143 Å². The predicted octanol–water partition coefficient (Wildman–Crippen LogP) is 3.52. The number of carbonyl (C=O) groups excluding carboxylic acids is 5. The number of aliphatic carboxylic acids is 1. The van der Waals surface area contributed by atoms with Gasteiger partial charge in [0.2, 0.25) is 0 Å². The number of carboxylic acid groups (broad SMARTS) is 1. The highest BCUT2D eigenvalue weighted by Gasteiger charge is 2.73. The van der Waals surface area contributed by atoms with E-state index < -0.39 is 63.2 Å². The summed E-state index contributed by atoms with van der Waals surface area (Å²) in [6.07, 6.45) is -0.983. The molecule has 2 fully saturated rings. The van der Waals surface area contributed by atoms with E-state index in [1.165, 1.54) is 6.92 Å². The zero-order valence-corrected chi connectivity index (χ0v) is 23.5. The highest BCUT2D eigenvalue weighted by atomic mass is 16.4. The molecule has 8 heteroatoms. The molecule has 0 aromatic carbocycles. The van der Waals surface area contributed by atoms with Crippen LogP contribution in [0, 0.1) is 45.3 Å². The van der Waals surface area contributed by atoms with Gasteiger partial charge in [0.15, 0.2) is 11.6 Å². The van der Waals surface area contributed by atoms with Gasteiger partial charge < -0.3 is 10.2 Å². The lowest BCUT2D eigenvalue weighted by Crippen LogP contribution is -2.64. The van der Waals surface area contributed by atoms with Crippen molar-refractivity contribution in [2.75, 3.05) is 0 Å². The van der Waals surface area contributed by atoms with Crippen molar-refractivity contribution < 1.29 is 39.0 Å². The molecule has 2 unspecified atom stereocenters. The van der Waals surface area contributed by atoms with Crippen LogP contribution in [0.3, 0.4) is 0 Å². The number of Topliss-reactive ketones (excluding diaryl/α,β-unsaturated/α-hetero) is 5. The standard InChI is InChI=1S/C30H40O8/c1-14(10-16(31)11-15(2)26(37)38)17-12-21(34)30(7)22-18(32)13-19-27(3,4)20(33)8-9-28(19,5)23(22)24(35)25(36)29(17,30)6/h14-15,17,19,25,36H,8-13H2,1-7H3,(H,37,38)/t14-,15?,17-,19?,25-,28+,29+,30+/m0/s1. The Balaban J connectivity index is 1.81. The van der Waals surface area contributed by atoms with Gasteiger partial charge >= 0.3 is 5.97 Å². The maximum atomic E-state index is 14.1. The van der Waals surface area contributed by atoms with Gasteiger partial charge in [-0.3, -0.25) is 28.8 Å². The van der Waals surface area contributed by atoms with Gasteiger partial charge in [-0.2, -0.15) is 0 Å². The summed E-state index contributed by atoms with van der Waals surface area (Å²) in [5.74, 6) is -4.60. The van der Waals surface area contributed by atoms with E-state index >= 15 is 0 Å². The lowest BCUT2D eigenvalue weighted by molar-refractivity contribution is -0.158. The number of carboxylic acids is 1. The van der Waals surface area contributed by atoms with Crippen LogP contribution >= 0.6 is 0 Å². The average molecular weight is 529 g/mol. The minimum Gasteiger partial charge on any atom is -0.481 e. The summed E-state index contributed by atoms with van der Waals surface area (Å²) in [6, 6.07) is 0. The molecule has 0 aliphatic heterocycles. The predicted molar refractivity (Wildman–Crippen MR) is 137 cm³/mol. The van der Waals surface area contributed by atoms with E-state index in [1.807, 2.05) is 20.8 Å². The molecule has 2 saturated carbocycles. The summed E-state index contributed by atoms with van der Waals surface area (Å²) in [7, 11) is 0. The van der Waals surface area contributed by atoms with Gasteiger partial charge in [0.1, 0.15) is 23.5 Å². The van der Waals surface area contributed by atoms with Crippen molar-refractivity contribution in [1.82, 2.24) is 0 Å². The van der Waals surface area contributed by atoms with Crippen molar-refractivity contribution in [2.24, 2.45) is 45.3 Å². The Morgan fingerprint density at radius 3 is 2.11 bits per heavy atom. The van der Waals surface area contributed by atoms with Crippen LogP contribution in [0.4, 0.5) is 0 Å². The molecule has 0 aromatic heterocycles. The van der Waals surface area contributed by atoms with Crippen LogP contribution < -0.4 is 0 Å². The number of hydrogen-bond donors (Lipinski definition) is 2. The van der Waals surface area contributed by atoms with Gasteiger partial charge in [-0.25, -0.2) is 0 Å². The Bertz CT molecular complexity index is 1190. The molecule has 208 valence electrons. The van der Waals surface area contributed by atoms with E-state index in [0.29, 0.717) is 6.42 Å². The summed E-state index contributed by atoms with van der Waals surface area (Å²) in [6.45, 7) is 12.1. The van der Waals surface area contributed by atoms with E-state index in [4.69, 9.17) is 5.11 Å². The zero-order chi connectivity index (χ0) is 28.7. The summed E-state index contributed by atoms with van der Waals surface area (Å²) in [5.41, 5.74) is -3.95. The minimum absolute atomic E-state index is 0.00839. The van der Waals surface area contributed by atoms with Gasteiger partial charge in [0, 0.05) is 59.5 Å². The maximum absolute atomic E-state index is 14.1. The third-order valence-corrected chi connectivity index (χ3v) is 11.3. The second-order valence-electron chi connectivity index (χ2n) is 13.6. The van der Waals surface area contributed by atoms with Crippen LogP contribution in [0.15, 0.2) is 11.1 Å². The first-order valence-corrected chi connectivity index (χ1v) is 13.7.